The summed E-state index contributed by atoms with van der Waals surface area (Å²) < 4.78 is 6.24. The van der Waals surface area contributed by atoms with Gasteiger partial charge in [0.2, 0.25) is 0 Å². The van der Waals surface area contributed by atoms with Gasteiger partial charge in [-0.05, 0) is 59.1 Å². The van der Waals surface area contributed by atoms with Crippen LogP contribution in [0.15, 0.2) is 91.1 Å². The number of halogens is 1. The topological polar surface area (TPSA) is 37.0 Å². The van der Waals surface area contributed by atoms with Crippen LogP contribution in [0.1, 0.15) is 16.7 Å². The van der Waals surface area contributed by atoms with E-state index in [-0.39, 0.29) is 0 Å². The van der Waals surface area contributed by atoms with Gasteiger partial charge >= 0.3 is 0 Å². The Morgan fingerprint density at radius 3 is 2.47 bits per heavy atom. The van der Waals surface area contributed by atoms with E-state index in [1.54, 1.807) is 0 Å². The second kappa shape index (κ2) is 9.47. The zero-order chi connectivity index (χ0) is 21.8. The van der Waals surface area contributed by atoms with Crippen LogP contribution in [0.4, 0.5) is 0 Å². The quantitative estimate of drug-likeness (QED) is 0.258. The first-order chi connectivity index (χ1) is 15.8. The fourth-order valence-electron chi connectivity index (χ4n) is 4.15. The second-order valence-electron chi connectivity index (χ2n) is 7.96. The highest BCUT2D eigenvalue weighted by Gasteiger charge is 2.10. The Bertz CT molecular complexity index is 1340. The van der Waals surface area contributed by atoms with Gasteiger partial charge in [-0.2, -0.15) is 0 Å². The van der Waals surface area contributed by atoms with E-state index < -0.39 is 0 Å². The summed E-state index contributed by atoms with van der Waals surface area (Å²) in [5.41, 5.74) is 4.82. The van der Waals surface area contributed by atoms with Crippen LogP contribution in [0.5, 0.6) is 5.75 Å². The second-order valence-corrected chi connectivity index (χ2v) is 8.40. The lowest BCUT2D eigenvalue weighted by Gasteiger charge is -2.15. The van der Waals surface area contributed by atoms with Crippen LogP contribution < -0.4 is 10.1 Å². The number of ether oxygens (including phenoxy) is 1. The van der Waals surface area contributed by atoms with Crippen LogP contribution in [0.3, 0.4) is 0 Å². The Labute approximate surface area is 193 Å². The van der Waals surface area contributed by atoms with Crippen molar-refractivity contribution in [1.29, 1.82) is 0 Å². The van der Waals surface area contributed by atoms with E-state index in [4.69, 9.17) is 16.3 Å². The van der Waals surface area contributed by atoms with Gasteiger partial charge in [0.15, 0.2) is 0 Å². The van der Waals surface area contributed by atoms with Gasteiger partial charge in [0, 0.05) is 34.2 Å². The first-order valence-electron chi connectivity index (χ1n) is 10.9. The van der Waals surface area contributed by atoms with E-state index in [0.29, 0.717) is 6.61 Å². The standard InChI is InChI=1S/C28H25ClN2O/c29-23-12-9-20(10-13-23)19-32-28-14-11-21-5-1-2-6-24(21)26(28)18-30-16-15-22-17-31-27-8-4-3-7-25(22)27/h1-14,17,30-31H,15-16,18-19H2. The van der Waals surface area contributed by atoms with Crippen molar-refractivity contribution >= 4 is 33.3 Å². The van der Waals surface area contributed by atoms with Crippen molar-refractivity contribution in [2.45, 2.75) is 19.6 Å². The minimum Gasteiger partial charge on any atom is -0.489 e. The molecule has 0 aliphatic heterocycles. The SMILES string of the molecule is Clc1ccc(COc2ccc3ccccc3c2CNCCc2c[nH]c3ccccc23)cc1. The number of aromatic amines is 1. The van der Waals surface area contributed by atoms with Crippen molar-refractivity contribution in [2.24, 2.45) is 0 Å². The maximum Gasteiger partial charge on any atom is 0.124 e. The zero-order valence-electron chi connectivity index (χ0n) is 17.8. The van der Waals surface area contributed by atoms with Crippen LogP contribution in [0.2, 0.25) is 5.02 Å². The smallest absolute Gasteiger partial charge is 0.124 e. The average molecular weight is 441 g/mol. The summed E-state index contributed by atoms with van der Waals surface area (Å²) >= 11 is 6.01. The monoisotopic (exact) mass is 440 g/mol. The summed E-state index contributed by atoms with van der Waals surface area (Å²) in [7, 11) is 0. The first kappa shape index (κ1) is 20.6. The van der Waals surface area contributed by atoms with Gasteiger partial charge < -0.3 is 15.0 Å². The largest absolute Gasteiger partial charge is 0.489 e. The lowest BCUT2D eigenvalue weighted by atomic mass is 10.0. The third kappa shape index (κ3) is 4.50. The van der Waals surface area contributed by atoms with Crippen molar-refractivity contribution in [3.8, 4) is 5.75 Å². The van der Waals surface area contributed by atoms with E-state index in [9.17, 15) is 0 Å². The lowest BCUT2D eigenvalue weighted by Crippen LogP contribution is -2.17. The molecule has 0 fully saturated rings. The minimum atomic E-state index is 0.512. The molecule has 1 heterocycles. The molecule has 4 heteroatoms. The Kier molecular flexibility index (Phi) is 6.11. The molecule has 32 heavy (non-hydrogen) atoms. The summed E-state index contributed by atoms with van der Waals surface area (Å²) in [5, 5.41) is 8.11. The molecule has 0 spiro atoms. The van der Waals surface area contributed by atoms with Crippen LogP contribution in [-0.4, -0.2) is 11.5 Å². The molecule has 5 aromatic rings. The van der Waals surface area contributed by atoms with Crippen LogP contribution in [0, 0.1) is 0 Å². The van der Waals surface area contributed by atoms with Gasteiger partial charge in [0.05, 0.1) is 0 Å². The third-order valence-electron chi connectivity index (χ3n) is 5.85. The minimum absolute atomic E-state index is 0.512. The molecule has 0 aliphatic rings. The fraction of sp³-hybridized carbons (Fsp3) is 0.143. The molecule has 3 nitrogen and oxygen atoms in total. The molecule has 0 saturated heterocycles. The normalized spacial score (nSPS) is 11.3. The molecule has 0 saturated carbocycles. The molecule has 0 radical (unpaired) electrons. The van der Waals surface area contributed by atoms with Crippen molar-refractivity contribution in [1.82, 2.24) is 10.3 Å². The van der Waals surface area contributed by atoms with Gasteiger partial charge in [-0.15, -0.1) is 0 Å². The highest BCUT2D eigenvalue weighted by Crippen LogP contribution is 2.29. The Morgan fingerprint density at radius 2 is 1.59 bits per heavy atom. The van der Waals surface area contributed by atoms with Gasteiger partial charge in [-0.3, -0.25) is 0 Å². The number of hydrogen-bond acceptors (Lipinski definition) is 2. The molecule has 0 unspecified atom stereocenters. The summed E-state index contributed by atoms with van der Waals surface area (Å²) in [5.74, 6) is 0.915. The van der Waals surface area contributed by atoms with Gasteiger partial charge in [-0.25, -0.2) is 0 Å². The molecule has 4 aromatic carbocycles. The summed E-state index contributed by atoms with van der Waals surface area (Å²) in [6, 6.07) is 28.9. The molecular weight excluding hydrogens is 416 g/mol. The van der Waals surface area contributed by atoms with E-state index in [2.05, 4.69) is 77.2 Å². The van der Waals surface area contributed by atoms with Crippen LogP contribution in [0.25, 0.3) is 21.7 Å². The van der Waals surface area contributed by atoms with E-state index in [1.807, 2.05) is 24.3 Å². The number of rotatable bonds is 8. The van der Waals surface area contributed by atoms with E-state index in [1.165, 1.54) is 32.8 Å². The predicted octanol–water partition coefficient (Wildman–Crippen LogP) is 6.89. The Morgan fingerprint density at radius 1 is 0.812 bits per heavy atom. The lowest BCUT2D eigenvalue weighted by molar-refractivity contribution is 0.303. The third-order valence-corrected chi connectivity index (χ3v) is 6.10. The summed E-state index contributed by atoms with van der Waals surface area (Å²) in [6.45, 7) is 2.15. The first-order valence-corrected chi connectivity index (χ1v) is 11.3. The van der Waals surface area contributed by atoms with Crippen LogP contribution in [-0.2, 0) is 19.6 Å². The number of aromatic nitrogens is 1. The molecule has 1 aromatic heterocycles. The molecule has 0 aliphatic carbocycles. The molecule has 2 N–H and O–H groups in total. The average Bonchev–Trinajstić information content (AvgIpc) is 3.25. The zero-order valence-corrected chi connectivity index (χ0v) is 18.5. The highest BCUT2D eigenvalue weighted by atomic mass is 35.5. The molecular formula is C28H25ClN2O. The molecule has 0 atom stereocenters. The Balaban J connectivity index is 1.30. The molecule has 160 valence electrons. The maximum atomic E-state index is 6.24. The van der Waals surface area contributed by atoms with Crippen molar-refractivity contribution < 1.29 is 4.74 Å². The summed E-state index contributed by atoms with van der Waals surface area (Å²) in [4.78, 5) is 3.36. The fourth-order valence-corrected chi connectivity index (χ4v) is 4.28. The molecule has 0 amide bonds. The Hall–Kier alpha value is -3.27. The predicted molar refractivity (Wildman–Crippen MR) is 133 cm³/mol. The van der Waals surface area contributed by atoms with E-state index >= 15 is 0 Å². The number of fused-ring (bicyclic) bond motifs is 2. The van der Waals surface area contributed by atoms with Crippen LogP contribution >= 0.6 is 11.6 Å². The number of hydrogen-bond donors (Lipinski definition) is 2. The summed E-state index contributed by atoms with van der Waals surface area (Å²) in [6.07, 6.45) is 3.08. The number of H-pyrrole nitrogens is 1. The van der Waals surface area contributed by atoms with Gasteiger partial charge in [0.25, 0.3) is 0 Å². The maximum absolute atomic E-state index is 6.24. The molecule has 5 rings (SSSR count). The van der Waals surface area contributed by atoms with E-state index in [0.717, 1.165) is 35.8 Å². The van der Waals surface area contributed by atoms with Gasteiger partial charge in [-0.1, -0.05) is 72.3 Å². The van der Waals surface area contributed by atoms with Gasteiger partial charge in [0.1, 0.15) is 12.4 Å². The van der Waals surface area contributed by atoms with Crippen molar-refractivity contribution in [3.05, 3.63) is 113 Å². The highest BCUT2D eigenvalue weighted by molar-refractivity contribution is 6.30. The van der Waals surface area contributed by atoms with Crippen molar-refractivity contribution in [2.75, 3.05) is 6.54 Å². The number of benzene rings is 4. The number of nitrogens with one attached hydrogen (secondary N) is 2. The number of para-hydroxylation sites is 1. The van der Waals surface area contributed by atoms with Crippen molar-refractivity contribution in [3.63, 3.8) is 0 Å². The molecule has 0 bridgehead atoms.